The third-order valence-electron chi connectivity index (χ3n) is 3.62. The number of hydrogen-bond donors (Lipinski definition) is 1. The number of amides is 1. The maximum atomic E-state index is 12.0. The molecule has 1 aliphatic rings. The summed E-state index contributed by atoms with van der Waals surface area (Å²) in [5.41, 5.74) is 1.15. The SMILES string of the molecule is O=C(COC(=O)c1csc(-c2ccccc2)n1)NC[C@@H]1CCCO1. The van der Waals surface area contributed by atoms with Gasteiger partial charge in [-0.15, -0.1) is 11.3 Å². The number of benzene rings is 1. The molecule has 0 unspecified atom stereocenters. The first-order valence-electron chi connectivity index (χ1n) is 7.79. The Bertz CT molecular complexity index is 696. The smallest absolute Gasteiger partial charge is 0.358 e. The number of rotatable bonds is 6. The van der Waals surface area contributed by atoms with E-state index < -0.39 is 5.97 Å². The van der Waals surface area contributed by atoms with Crippen molar-refractivity contribution in [2.75, 3.05) is 19.8 Å². The predicted molar refractivity (Wildman–Crippen MR) is 89.8 cm³/mol. The van der Waals surface area contributed by atoms with Crippen molar-refractivity contribution in [3.8, 4) is 10.6 Å². The quantitative estimate of drug-likeness (QED) is 0.812. The van der Waals surface area contributed by atoms with Crippen molar-refractivity contribution < 1.29 is 19.1 Å². The molecule has 0 aliphatic carbocycles. The van der Waals surface area contributed by atoms with Gasteiger partial charge in [0.1, 0.15) is 5.01 Å². The third-order valence-corrected chi connectivity index (χ3v) is 4.51. The van der Waals surface area contributed by atoms with Gasteiger partial charge in [0.2, 0.25) is 0 Å². The van der Waals surface area contributed by atoms with E-state index in [0.717, 1.165) is 30.0 Å². The van der Waals surface area contributed by atoms with Gasteiger partial charge in [0, 0.05) is 24.1 Å². The lowest BCUT2D eigenvalue weighted by atomic mass is 10.2. The van der Waals surface area contributed by atoms with Crippen LogP contribution in [0.25, 0.3) is 10.6 Å². The molecule has 24 heavy (non-hydrogen) atoms. The van der Waals surface area contributed by atoms with Crippen LogP contribution in [0.2, 0.25) is 0 Å². The zero-order chi connectivity index (χ0) is 16.8. The molecule has 0 radical (unpaired) electrons. The molecule has 3 rings (SSSR count). The highest BCUT2D eigenvalue weighted by Gasteiger charge is 2.18. The molecule has 7 heteroatoms. The lowest BCUT2D eigenvalue weighted by Gasteiger charge is -2.10. The molecule has 0 spiro atoms. The number of nitrogens with one attached hydrogen (secondary N) is 1. The molecule has 1 N–H and O–H groups in total. The van der Waals surface area contributed by atoms with E-state index in [1.165, 1.54) is 11.3 Å². The Hall–Kier alpha value is -2.25. The molecule has 2 heterocycles. The Morgan fingerprint density at radius 2 is 2.17 bits per heavy atom. The van der Waals surface area contributed by atoms with Crippen molar-refractivity contribution in [3.05, 3.63) is 41.4 Å². The molecule has 1 aromatic heterocycles. The summed E-state index contributed by atoms with van der Waals surface area (Å²) in [7, 11) is 0. The van der Waals surface area contributed by atoms with E-state index in [2.05, 4.69) is 10.3 Å². The topological polar surface area (TPSA) is 77.5 Å². The molecular weight excluding hydrogens is 328 g/mol. The maximum absolute atomic E-state index is 12.0. The van der Waals surface area contributed by atoms with E-state index in [1.54, 1.807) is 5.38 Å². The van der Waals surface area contributed by atoms with Gasteiger partial charge < -0.3 is 14.8 Å². The first-order valence-corrected chi connectivity index (χ1v) is 8.67. The molecule has 2 aromatic rings. The molecular formula is C17H18N2O4S. The molecule has 0 bridgehead atoms. The Balaban J connectivity index is 1.46. The van der Waals surface area contributed by atoms with Crippen LogP contribution >= 0.6 is 11.3 Å². The summed E-state index contributed by atoms with van der Waals surface area (Å²) in [6.45, 7) is 0.873. The monoisotopic (exact) mass is 346 g/mol. The van der Waals surface area contributed by atoms with Crippen molar-refractivity contribution in [2.24, 2.45) is 0 Å². The summed E-state index contributed by atoms with van der Waals surface area (Å²) >= 11 is 1.36. The second-order valence-electron chi connectivity index (χ2n) is 5.42. The van der Waals surface area contributed by atoms with Crippen LogP contribution < -0.4 is 5.32 Å². The molecule has 0 saturated carbocycles. The van der Waals surface area contributed by atoms with Gasteiger partial charge in [-0.2, -0.15) is 0 Å². The summed E-state index contributed by atoms with van der Waals surface area (Å²) in [6.07, 6.45) is 2.03. The van der Waals surface area contributed by atoms with Crippen LogP contribution in [0.15, 0.2) is 35.7 Å². The van der Waals surface area contributed by atoms with Gasteiger partial charge in [0.05, 0.1) is 6.10 Å². The number of carbonyl (C=O) groups excluding carboxylic acids is 2. The van der Waals surface area contributed by atoms with Gasteiger partial charge in [-0.3, -0.25) is 4.79 Å². The van der Waals surface area contributed by atoms with E-state index in [1.807, 2.05) is 30.3 Å². The molecule has 1 aliphatic heterocycles. The van der Waals surface area contributed by atoms with Crippen LogP contribution in [0, 0.1) is 0 Å². The van der Waals surface area contributed by atoms with Gasteiger partial charge in [0.25, 0.3) is 5.91 Å². The molecule has 1 saturated heterocycles. The highest BCUT2D eigenvalue weighted by molar-refractivity contribution is 7.13. The number of esters is 1. The fourth-order valence-corrected chi connectivity index (χ4v) is 3.17. The first kappa shape index (κ1) is 16.6. The molecule has 1 fully saturated rings. The number of nitrogens with zero attached hydrogens (tertiary/aromatic N) is 1. The minimum Gasteiger partial charge on any atom is -0.451 e. The molecule has 1 atom stereocenters. The van der Waals surface area contributed by atoms with Gasteiger partial charge in [-0.05, 0) is 12.8 Å². The van der Waals surface area contributed by atoms with Crippen LogP contribution in [0.5, 0.6) is 0 Å². The van der Waals surface area contributed by atoms with E-state index in [0.29, 0.717) is 6.54 Å². The number of ether oxygens (including phenoxy) is 2. The number of carbonyl (C=O) groups is 2. The minimum absolute atomic E-state index is 0.0663. The van der Waals surface area contributed by atoms with Crippen molar-refractivity contribution >= 4 is 23.2 Å². The number of thiazole rings is 1. The van der Waals surface area contributed by atoms with Crippen LogP contribution in [0.4, 0.5) is 0 Å². The molecule has 126 valence electrons. The second-order valence-corrected chi connectivity index (χ2v) is 6.28. The average molecular weight is 346 g/mol. The normalized spacial score (nSPS) is 16.8. The lowest BCUT2D eigenvalue weighted by Crippen LogP contribution is -2.34. The van der Waals surface area contributed by atoms with Gasteiger partial charge >= 0.3 is 5.97 Å². The fraction of sp³-hybridized carbons (Fsp3) is 0.353. The number of aromatic nitrogens is 1. The van der Waals surface area contributed by atoms with E-state index >= 15 is 0 Å². The van der Waals surface area contributed by atoms with E-state index in [-0.39, 0.29) is 24.3 Å². The van der Waals surface area contributed by atoms with Crippen molar-refractivity contribution in [1.82, 2.24) is 10.3 Å². The first-order chi connectivity index (χ1) is 11.7. The molecule has 1 amide bonds. The molecule has 1 aromatic carbocycles. The van der Waals surface area contributed by atoms with E-state index in [4.69, 9.17) is 9.47 Å². The Labute approximate surface area is 143 Å². The summed E-state index contributed by atoms with van der Waals surface area (Å²) < 4.78 is 10.4. The molecule has 6 nitrogen and oxygen atoms in total. The van der Waals surface area contributed by atoms with Crippen LogP contribution in [0.1, 0.15) is 23.3 Å². The largest absolute Gasteiger partial charge is 0.451 e. The second kappa shape index (κ2) is 8.03. The summed E-state index contributed by atoms with van der Waals surface area (Å²) in [6, 6.07) is 9.58. The standard InChI is InChI=1S/C17H18N2O4S/c20-15(18-9-13-7-4-8-22-13)10-23-17(21)14-11-24-16(19-14)12-5-2-1-3-6-12/h1-3,5-6,11,13H,4,7-10H2,(H,18,20)/t13-/m0/s1. The average Bonchev–Trinajstić information content (AvgIpc) is 3.30. The summed E-state index contributed by atoms with van der Waals surface area (Å²) in [5, 5.41) is 5.08. The van der Waals surface area contributed by atoms with Crippen LogP contribution in [0.3, 0.4) is 0 Å². The highest BCUT2D eigenvalue weighted by Crippen LogP contribution is 2.23. The number of hydrogen-bond acceptors (Lipinski definition) is 6. The Kier molecular flexibility index (Phi) is 5.55. The van der Waals surface area contributed by atoms with Gasteiger partial charge in [0.15, 0.2) is 12.3 Å². The van der Waals surface area contributed by atoms with Crippen molar-refractivity contribution in [3.63, 3.8) is 0 Å². The fourth-order valence-electron chi connectivity index (χ4n) is 2.37. The van der Waals surface area contributed by atoms with Crippen molar-refractivity contribution in [1.29, 1.82) is 0 Å². The maximum Gasteiger partial charge on any atom is 0.358 e. The summed E-state index contributed by atoms with van der Waals surface area (Å²) in [5.74, 6) is -0.932. The third kappa shape index (κ3) is 4.39. The summed E-state index contributed by atoms with van der Waals surface area (Å²) in [4.78, 5) is 27.9. The van der Waals surface area contributed by atoms with Gasteiger partial charge in [-0.25, -0.2) is 9.78 Å². The van der Waals surface area contributed by atoms with Crippen LogP contribution in [-0.2, 0) is 14.3 Å². The van der Waals surface area contributed by atoms with Crippen molar-refractivity contribution in [2.45, 2.75) is 18.9 Å². The zero-order valence-electron chi connectivity index (χ0n) is 13.1. The Morgan fingerprint density at radius 1 is 1.33 bits per heavy atom. The Morgan fingerprint density at radius 3 is 2.92 bits per heavy atom. The predicted octanol–water partition coefficient (Wildman–Crippen LogP) is 2.26. The highest BCUT2D eigenvalue weighted by atomic mass is 32.1. The van der Waals surface area contributed by atoms with E-state index in [9.17, 15) is 9.59 Å². The lowest BCUT2D eigenvalue weighted by molar-refractivity contribution is -0.124. The minimum atomic E-state index is -0.597. The zero-order valence-corrected chi connectivity index (χ0v) is 13.9. The van der Waals surface area contributed by atoms with Gasteiger partial charge in [-0.1, -0.05) is 30.3 Å². The van der Waals surface area contributed by atoms with Crippen LogP contribution in [-0.4, -0.2) is 42.7 Å².